The molecule has 0 fully saturated rings. The number of hydrogen-bond donors (Lipinski definition) is 2. The van der Waals surface area contributed by atoms with E-state index in [1.165, 1.54) is 0 Å². The van der Waals surface area contributed by atoms with Crippen molar-refractivity contribution in [2.45, 2.75) is 13.5 Å². The lowest BCUT2D eigenvalue weighted by atomic mass is 10.1. The molecule has 34 heavy (non-hydrogen) atoms. The zero-order valence-electron chi connectivity index (χ0n) is 18.7. The molecule has 0 bridgehead atoms. The first-order chi connectivity index (χ1) is 16.5. The number of carbonyl (C=O) groups is 2. The number of fused-ring (bicyclic) bond motifs is 1. The Morgan fingerprint density at radius 2 is 1.97 bits per heavy atom. The largest absolute Gasteiger partial charge is 0.493 e. The summed E-state index contributed by atoms with van der Waals surface area (Å²) in [5.74, 6) is 1.13. The van der Waals surface area contributed by atoms with Crippen molar-refractivity contribution in [3.63, 3.8) is 0 Å². The number of anilines is 1. The summed E-state index contributed by atoms with van der Waals surface area (Å²) in [5, 5.41) is 6.21. The summed E-state index contributed by atoms with van der Waals surface area (Å²) in [6, 6.07) is 17.4. The van der Waals surface area contributed by atoms with Gasteiger partial charge in [-0.2, -0.15) is 0 Å². The molecule has 3 aromatic rings. The first kappa shape index (κ1) is 23.2. The predicted molar refractivity (Wildman–Crippen MR) is 130 cm³/mol. The van der Waals surface area contributed by atoms with Gasteiger partial charge in [0.25, 0.3) is 11.8 Å². The average Bonchev–Trinajstić information content (AvgIpc) is 2.83. The first-order valence-corrected chi connectivity index (χ1v) is 11.0. The van der Waals surface area contributed by atoms with Gasteiger partial charge in [-0.3, -0.25) is 9.59 Å². The minimum Gasteiger partial charge on any atom is -0.493 e. The molecule has 2 N–H and O–H groups in total. The summed E-state index contributed by atoms with van der Waals surface area (Å²) < 4.78 is 16.6. The summed E-state index contributed by atoms with van der Waals surface area (Å²) >= 11 is 6.01. The molecule has 7 nitrogen and oxygen atoms in total. The molecule has 0 atom stereocenters. The highest BCUT2D eigenvalue weighted by Crippen LogP contribution is 2.33. The van der Waals surface area contributed by atoms with Crippen LogP contribution in [-0.2, 0) is 11.3 Å². The number of halogens is 1. The monoisotopic (exact) mass is 478 g/mol. The zero-order chi connectivity index (χ0) is 24.1. The van der Waals surface area contributed by atoms with E-state index in [0.29, 0.717) is 46.7 Å². The molecule has 0 saturated heterocycles. The van der Waals surface area contributed by atoms with Gasteiger partial charge in [0.1, 0.15) is 0 Å². The van der Waals surface area contributed by atoms with Crippen LogP contribution in [0.5, 0.6) is 17.2 Å². The van der Waals surface area contributed by atoms with E-state index in [2.05, 4.69) is 10.6 Å². The predicted octanol–water partition coefficient (Wildman–Crippen LogP) is 5.05. The molecule has 1 aliphatic heterocycles. The molecule has 2 amide bonds. The Hall–Kier alpha value is -3.97. The van der Waals surface area contributed by atoms with Gasteiger partial charge in [-0.15, -0.1) is 0 Å². The summed E-state index contributed by atoms with van der Waals surface area (Å²) in [6.07, 6.45) is 1.61. The van der Waals surface area contributed by atoms with Crippen molar-refractivity contribution in [3.05, 3.63) is 88.1 Å². The summed E-state index contributed by atoms with van der Waals surface area (Å²) in [6.45, 7) is 2.70. The molecule has 0 spiro atoms. The third-order valence-electron chi connectivity index (χ3n) is 5.06. The minimum absolute atomic E-state index is 0.136. The standard InChI is InChI=1S/C26H23ClN2O5/c1-3-33-23-13-17(7-9-22(23)32-2)15-28-25(30)18-8-10-21-20(14-18)29-26(31)24(34-21)12-16-5-4-6-19(27)11-16/h4-14H,3,15H2,1-2H3,(H,28,30)(H,29,31)/b24-12+. The number of benzene rings is 3. The molecule has 3 aromatic carbocycles. The highest BCUT2D eigenvalue weighted by atomic mass is 35.5. The lowest BCUT2D eigenvalue weighted by Crippen LogP contribution is -2.25. The van der Waals surface area contributed by atoms with E-state index in [4.69, 9.17) is 25.8 Å². The first-order valence-electron chi connectivity index (χ1n) is 10.6. The fourth-order valence-corrected chi connectivity index (χ4v) is 3.63. The molecule has 0 saturated carbocycles. The molecule has 1 aliphatic rings. The van der Waals surface area contributed by atoms with Crippen LogP contribution in [0.25, 0.3) is 6.08 Å². The number of hydrogen-bond acceptors (Lipinski definition) is 5. The fraction of sp³-hybridized carbons (Fsp3) is 0.154. The number of carbonyl (C=O) groups excluding carboxylic acids is 2. The van der Waals surface area contributed by atoms with E-state index in [-0.39, 0.29) is 11.7 Å². The van der Waals surface area contributed by atoms with Gasteiger partial charge >= 0.3 is 0 Å². The van der Waals surface area contributed by atoms with Gasteiger partial charge in [-0.25, -0.2) is 0 Å². The van der Waals surface area contributed by atoms with Gasteiger partial charge in [0.15, 0.2) is 23.0 Å². The number of nitrogens with one attached hydrogen (secondary N) is 2. The maximum atomic E-state index is 12.7. The van der Waals surface area contributed by atoms with E-state index >= 15 is 0 Å². The van der Waals surface area contributed by atoms with Crippen LogP contribution in [0.4, 0.5) is 5.69 Å². The van der Waals surface area contributed by atoms with Crippen LogP contribution in [0.1, 0.15) is 28.4 Å². The Bertz CT molecular complexity index is 1270. The van der Waals surface area contributed by atoms with E-state index in [0.717, 1.165) is 11.1 Å². The van der Waals surface area contributed by atoms with E-state index in [1.54, 1.807) is 55.7 Å². The molecule has 0 radical (unpaired) electrons. The van der Waals surface area contributed by atoms with Crippen molar-refractivity contribution in [2.75, 3.05) is 19.0 Å². The number of ether oxygens (including phenoxy) is 3. The lowest BCUT2D eigenvalue weighted by molar-refractivity contribution is -0.115. The Balaban J connectivity index is 1.45. The Morgan fingerprint density at radius 1 is 1.12 bits per heavy atom. The maximum Gasteiger partial charge on any atom is 0.291 e. The van der Waals surface area contributed by atoms with Gasteiger partial charge < -0.3 is 24.8 Å². The Morgan fingerprint density at radius 3 is 2.74 bits per heavy atom. The third kappa shape index (κ3) is 5.32. The van der Waals surface area contributed by atoms with Crippen molar-refractivity contribution in [1.82, 2.24) is 5.32 Å². The van der Waals surface area contributed by atoms with Crippen LogP contribution < -0.4 is 24.8 Å². The summed E-state index contributed by atoms with van der Waals surface area (Å²) in [5.41, 5.74) is 2.42. The van der Waals surface area contributed by atoms with E-state index < -0.39 is 5.91 Å². The normalized spacial score (nSPS) is 13.5. The second kappa shape index (κ2) is 10.3. The molecule has 1 heterocycles. The minimum atomic E-state index is -0.410. The van der Waals surface area contributed by atoms with Crippen LogP contribution in [-0.4, -0.2) is 25.5 Å². The number of amides is 2. The molecule has 4 rings (SSSR count). The third-order valence-corrected chi connectivity index (χ3v) is 5.30. The topological polar surface area (TPSA) is 85.9 Å². The molecular formula is C26H23ClN2O5. The van der Waals surface area contributed by atoms with Crippen LogP contribution >= 0.6 is 11.6 Å². The molecule has 174 valence electrons. The van der Waals surface area contributed by atoms with Gasteiger partial charge in [0.2, 0.25) is 0 Å². The van der Waals surface area contributed by atoms with Crippen molar-refractivity contribution in [1.29, 1.82) is 0 Å². The number of methoxy groups -OCH3 is 1. The van der Waals surface area contributed by atoms with Crippen molar-refractivity contribution >= 4 is 35.2 Å². The quantitative estimate of drug-likeness (QED) is 0.464. The lowest BCUT2D eigenvalue weighted by Gasteiger charge is -2.20. The maximum absolute atomic E-state index is 12.7. The van der Waals surface area contributed by atoms with Crippen LogP contribution in [0, 0.1) is 0 Å². The number of rotatable bonds is 7. The summed E-state index contributed by atoms with van der Waals surface area (Å²) in [7, 11) is 1.58. The second-order valence-electron chi connectivity index (χ2n) is 7.43. The summed E-state index contributed by atoms with van der Waals surface area (Å²) in [4.78, 5) is 25.2. The van der Waals surface area contributed by atoms with Crippen molar-refractivity contribution in [2.24, 2.45) is 0 Å². The SMILES string of the molecule is CCOc1cc(CNC(=O)c2ccc3c(c2)NC(=O)/C(=C\c2cccc(Cl)c2)O3)ccc1OC. The van der Waals surface area contributed by atoms with Gasteiger partial charge in [0.05, 0.1) is 19.4 Å². The molecule has 8 heteroatoms. The Labute approximate surface area is 202 Å². The van der Waals surface area contributed by atoms with Gasteiger partial charge in [-0.05, 0) is 66.6 Å². The van der Waals surface area contributed by atoms with E-state index in [1.807, 2.05) is 25.1 Å². The molecule has 0 aliphatic carbocycles. The average molecular weight is 479 g/mol. The highest BCUT2D eigenvalue weighted by Gasteiger charge is 2.23. The second-order valence-corrected chi connectivity index (χ2v) is 7.87. The van der Waals surface area contributed by atoms with Crippen LogP contribution in [0.2, 0.25) is 5.02 Å². The van der Waals surface area contributed by atoms with Gasteiger partial charge in [0, 0.05) is 17.1 Å². The molecule has 0 unspecified atom stereocenters. The smallest absolute Gasteiger partial charge is 0.291 e. The van der Waals surface area contributed by atoms with Crippen molar-refractivity contribution in [3.8, 4) is 17.2 Å². The highest BCUT2D eigenvalue weighted by molar-refractivity contribution is 6.30. The van der Waals surface area contributed by atoms with Gasteiger partial charge in [-0.1, -0.05) is 29.8 Å². The van der Waals surface area contributed by atoms with E-state index in [9.17, 15) is 9.59 Å². The zero-order valence-corrected chi connectivity index (χ0v) is 19.4. The molecule has 0 aromatic heterocycles. The Kier molecular flexibility index (Phi) is 7.04. The molecular weight excluding hydrogens is 456 g/mol. The van der Waals surface area contributed by atoms with Crippen LogP contribution in [0.3, 0.4) is 0 Å². The fourth-order valence-electron chi connectivity index (χ4n) is 3.43. The van der Waals surface area contributed by atoms with Crippen LogP contribution in [0.15, 0.2) is 66.4 Å². The van der Waals surface area contributed by atoms with Crippen molar-refractivity contribution < 1.29 is 23.8 Å².